The van der Waals surface area contributed by atoms with Crippen molar-refractivity contribution in [2.45, 2.75) is 0 Å². The standard InChI is InChI=1S/C8H7O.Li/c1-2-9-8-6-4-3-5-7-8;/h3-7H,1H2;/q-1;+1. The minimum atomic E-state index is 0. The summed E-state index contributed by atoms with van der Waals surface area (Å²) in [4.78, 5) is 0. The van der Waals surface area contributed by atoms with Gasteiger partial charge in [-0.15, -0.1) is 12.1 Å². The van der Waals surface area contributed by atoms with Crippen LogP contribution in [-0.2, 0) is 0 Å². The van der Waals surface area contributed by atoms with E-state index in [2.05, 4.69) is 12.8 Å². The van der Waals surface area contributed by atoms with Crippen LogP contribution in [0.25, 0.3) is 0 Å². The third kappa shape index (κ3) is 2.77. The van der Waals surface area contributed by atoms with Gasteiger partial charge >= 0.3 is 18.9 Å². The van der Waals surface area contributed by atoms with Crippen molar-refractivity contribution in [1.82, 2.24) is 0 Å². The van der Waals surface area contributed by atoms with Crippen LogP contribution in [0.15, 0.2) is 36.9 Å². The molecule has 0 radical (unpaired) electrons. The predicted octanol–water partition coefficient (Wildman–Crippen LogP) is -0.984. The molecule has 1 aromatic rings. The van der Waals surface area contributed by atoms with E-state index in [1.807, 2.05) is 30.3 Å². The Bertz CT molecular complexity index is 184. The van der Waals surface area contributed by atoms with Crippen LogP contribution in [0.3, 0.4) is 0 Å². The van der Waals surface area contributed by atoms with Crippen LogP contribution in [0, 0.1) is 6.26 Å². The van der Waals surface area contributed by atoms with Gasteiger partial charge in [0.05, 0.1) is 0 Å². The molecule has 0 atom stereocenters. The first-order valence-electron chi connectivity index (χ1n) is 2.67. The summed E-state index contributed by atoms with van der Waals surface area (Å²) in [5, 5.41) is 0. The van der Waals surface area contributed by atoms with Crippen molar-refractivity contribution in [3.05, 3.63) is 43.2 Å². The van der Waals surface area contributed by atoms with Crippen molar-refractivity contribution in [2.24, 2.45) is 0 Å². The third-order valence-electron chi connectivity index (χ3n) is 0.933. The van der Waals surface area contributed by atoms with Gasteiger partial charge < -0.3 is 4.74 Å². The summed E-state index contributed by atoms with van der Waals surface area (Å²) in [6.07, 6.45) is 2.33. The Morgan fingerprint density at radius 2 is 1.80 bits per heavy atom. The average molecular weight is 126 g/mol. The molecule has 1 nitrogen and oxygen atoms in total. The van der Waals surface area contributed by atoms with E-state index >= 15 is 0 Å². The Morgan fingerprint density at radius 1 is 1.20 bits per heavy atom. The molecule has 0 aromatic heterocycles. The van der Waals surface area contributed by atoms with Gasteiger partial charge in [-0.25, -0.2) is 0 Å². The van der Waals surface area contributed by atoms with E-state index in [0.717, 1.165) is 5.75 Å². The molecule has 0 aliphatic heterocycles. The Morgan fingerprint density at radius 3 is 2.30 bits per heavy atom. The first-order chi connectivity index (χ1) is 4.43. The molecule has 0 aliphatic rings. The van der Waals surface area contributed by atoms with Crippen LogP contribution < -0.4 is 23.6 Å². The van der Waals surface area contributed by atoms with E-state index in [1.165, 1.54) is 0 Å². The molecule has 0 heterocycles. The molecule has 1 rings (SSSR count). The molecule has 0 saturated heterocycles. The molecule has 10 heavy (non-hydrogen) atoms. The zero-order valence-electron chi connectivity index (χ0n) is 6.00. The topological polar surface area (TPSA) is 9.23 Å². The fourth-order valence-corrected chi connectivity index (χ4v) is 0.572. The maximum Gasteiger partial charge on any atom is 1.00 e. The monoisotopic (exact) mass is 126 g/mol. The van der Waals surface area contributed by atoms with Gasteiger partial charge in [-0.3, -0.25) is 0 Å². The van der Waals surface area contributed by atoms with Gasteiger partial charge in [0.1, 0.15) is 0 Å². The van der Waals surface area contributed by atoms with Crippen LogP contribution in [-0.4, -0.2) is 0 Å². The maximum atomic E-state index is 4.84. The number of rotatable bonds is 2. The van der Waals surface area contributed by atoms with Gasteiger partial charge in [0, 0.05) is 0 Å². The second-order valence-corrected chi connectivity index (χ2v) is 1.56. The molecular weight excluding hydrogens is 119 g/mol. The molecule has 0 saturated carbocycles. The van der Waals surface area contributed by atoms with Crippen LogP contribution >= 0.6 is 0 Å². The summed E-state index contributed by atoms with van der Waals surface area (Å²) in [7, 11) is 0. The third-order valence-corrected chi connectivity index (χ3v) is 0.933. The van der Waals surface area contributed by atoms with Crippen LogP contribution in [0.2, 0.25) is 0 Å². The summed E-state index contributed by atoms with van der Waals surface area (Å²) in [6, 6.07) is 9.41. The van der Waals surface area contributed by atoms with Crippen molar-refractivity contribution in [3.8, 4) is 5.75 Å². The molecule has 0 bridgehead atoms. The zero-order chi connectivity index (χ0) is 6.53. The molecule has 46 valence electrons. The van der Waals surface area contributed by atoms with Crippen LogP contribution in [0.5, 0.6) is 5.75 Å². The van der Waals surface area contributed by atoms with Gasteiger partial charge in [0.2, 0.25) is 0 Å². The molecular formula is C8H7LiO. The second kappa shape index (κ2) is 5.17. The summed E-state index contributed by atoms with van der Waals surface area (Å²) in [5.41, 5.74) is 0. The largest absolute Gasteiger partial charge is 1.00 e. The first-order valence-corrected chi connectivity index (χ1v) is 2.67. The summed E-state index contributed by atoms with van der Waals surface area (Å²) in [6.45, 7) is 3.31. The molecule has 0 spiro atoms. The minimum Gasteiger partial charge on any atom is -0.642 e. The number of para-hydroxylation sites is 1. The van der Waals surface area contributed by atoms with Crippen LogP contribution in [0.4, 0.5) is 0 Å². The van der Waals surface area contributed by atoms with Crippen molar-refractivity contribution in [2.75, 3.05) is 0 Å². The zero-order valence-corrected chi connectivity index (χ0v) is 6.00. The normalized spacial score (nSPS) is 7.60. The Kier molecular flexibility index (Phi) is 4.83. The fraction of sp³-hybridized carbons (Fsp3) is 0. The smallest absolute Gasteiger partial charge is 0.642 e. The molecule has 0 unspecified atom stereocenters. The molecule has 0 fully saturated rings. The van der Waals surface area contributed by atoms with E-state index in [4.69, 9.17) is 4.74 Å². The molecule has 0 aliphatic carbocycles. The second-order valence-electron chi connectivity index (χ2n) is 1.56. The molecule has 0 amide bonds. The van der Waals surface area contributed by atoms with Crippen molar-refractivity contribution in [3.63, 3.8) is 0 Å². The van der Waals surface area contributed by atoms with Gasteiger partial charge in [-0.05, 0) is 5.75 Å². The van der Waals surface area contributed by atoms with Crippen molar-refractivity contribution >= 4 is 0 Å². The van der Waals surface area contributed by atoms with Gasteiger partial charge in [0.25, 0.3) is 0 Å². The van der Waals surface area contributed by atoms with Gasteiger partial charge in [-0.1, -0.05) is 24.5 Å². The number of benzene rings is 1. The molecule has 0 N–H and O–H groups in total. The Hall–Kier alpha value is -0.643. The molecule has 1 aromatic carbocycles. The Labute approximate surface area is 72.9 Å². The van der Waals surface area contributed by atoms with E-state index in [1.54, 1.807) is 0 Å². The van der Waals surface area contributed by atoms with E-state index in [9.17, 15) is 0 Å². The van der Waals surface area contributed by atoms with E-state index < -0.39 is 0 Å². The van der Waals surface area contributed by atoms with Gasteiger partial charge in [0.15, 0.2) is 0 Å². The van der Waals surface area contributed by atoms with E-state index in [-0.39, 0.29) is 18.9 Å². The van der Waals surface area contributed by atoms with Crippen LogP contribution in [0.1, 0.15) is 0 Å². The number of hydrogen-bond donors (Lipinski definition) is 0. The number of ether oxygens (including phenoxy) is 1. The fourth-order valence-electron chi connectivity index (χ4n) is 0.572. The average Bonchev–Trinajstić information content (AvgIpc) is 1.91. The Balaban J connectivity index is 0.000000810. The predicted molar refractivity (Wildman–Crippen MR) is 35.9 cm³/mol. The molecule has 2 heteroatoms. The SMILES string of the molecule is C=[C-]Oc1ccccc1.[Li+]. The summed E-state index contributed by atoms with van der Waals surface area (Å²) < 4.78 is 4.84. The van der Waals surface area contributed by atoms with Crippen molar-refractivity contribution in [1.29, 1.82) is 0 Å². The summed E-state index contributed by atoms with van der Waals surface area (Å²) in [5.74, 6) is 0.771. The van der Waals surface area contributed by atoms with Gasteiger partial charge in [-0.2, -0.15) is 6.58 Å². The van der Waals surface area contributed by atoms with Crippen molar-refractivity contribution < 1.29 is 23.6 Å². The van der Waals surface area contributed by atoms with E-state index in [0.29, 0.717) is 0 Å². The number of hydrogen-bond acceptors (Lipinski definition) is 1. The summed E-state index contributed by atoms with van der Waals surface area (Å²) >= 11 is 0. The minimum absolute atomic E-state index is 0. The quantitative estimate of drug-likeness (QED) is 0.281. The maximum absolute atomic E-state index is 4.84. The first kappa shape index (κ1) is 9.36.